The number of aryl methyl sites for hydroxylation is 2. The van der Waals surface area contributed by atoms with Crippen LogP contribution in [0.3, 0.4) is 0 Å². The molecule has 0 amide bonds. The van der Waals surface area contributed by atoms with Crippen molar-refractivity contribution in [3.63, 3.8) is 0 Å². The Bertz CT molecular complexity index is 581. The summed E-state index contributed by atoms with van der Waals surface area (Å²) < 4.78 is 33.4. The maximum absolute atomic E-state index is 14.2. The Morgan fingerprint density at radius 2 is 2.05 bits per heavy atom. The van der Waals surface area contributed by atoms with Crippen molar-refractivity contribution < 1.29 is 13.2 Å². The van der Waals surface area contributed by atoms with Crippen LogP contribution >= 0.6 is 0 Å². The van der Waals surface area contributed by atoms with Gasteiger partial charge in [0.15, 0.2) is 0 Å². The minimum Gasteiger partial charge on any atom is -0.469 e. The van der Waals surface area contributed by atoms with Crippen LogP contribution in [0.25, 0.3) is 0 Å². The standard InChI is InChI=1S/C14H16F2N2O/c1-3-11-9(6-7-19-11)14(18-17)12-10(15)5-4-8(2)13(12)16/h4-7,14,18H,3,17H2,1-2H3. The Labute approximate surface area is 110 Å². The van der Waals surface area contributed by atoms with Crippen LogP contribution < -0.4 is 11.3 Å². The van der Waals surface area contributed by atoms with E-state index in [-0.39, 0.29) is 5.56 Å². The monoisotopic (exact) mass is 266 g/mol. The van der Waals surface area contributed by atoms with Gasteiger partial charge in [0.1, 0.15) is 17.4 Å². The van der Waals surface area contributed by atoms with E-state index in [1.165, 1.54) is 18.4 Å². The Balaban J connectivity index is 2.58. The molecule has 1 atom stereocenters. The summed E-state index contributed by atoms with van der Waals surface area (Å²) in [6, 6.07) is 3.54. The van der Waals surface area contributed by atoms with Gasteiger partial charge in [0.05, 0.1) is 12.3 Å². The first-order chi connectivity index (χ1) is 9.10. The summed E-state index contributed by atoms with van der Waals surface area (Å²) in [5.74, 6) is 4.92. The van der Waals surface area contributed by atoms with Crippen molar-refractivity contribution in [2.45, 2.75) is 26.3 Å². The summed E-state index contributed by atoms with van der Waals surface area (Å²) in [7, 11) is 0. The molecule has 1 aromatic carbocycles. The predicted molar refractivity (Wildman–Crippen MR) is 68.3 cm³/mol. The van der Waals surface area contributed by atoms with Gasteiger partial charge in [0.25, 0.3) is 0 Å². The van der Waals surface area contributed by atoms with Crippen LogP contribution in [0.15, 0.2) is 28.9 Å². The van der Waals surface area contributed by atoms with Crippen LogP contribution in [0.5, 0.6) is 0 Å². The molecule has 0 aliphatic heterocycles. The zero-order valence-corrected chi connectivity index (χ0v) is 10.8. The van der Waals surface area contributed by atoms with Gasteiger partial charge in [-0.25, -0.2) is 14.2 Å². The van der Waals surface area contributed by atoms with Crippen molar-refractivity contribution in [3.8, 4) is 0 Å². The predicted octanol–water partition coefficient (Wildman–Crippen LogP) is 2.98. The lowest BCUT2D eigenvalue weighted by Gasteiger charge is -2.18. The summed E-state index contributed by atoms with van der Waals surface area (Å²) in [5, 5.41) is 0. The van der Waals surface area contributed by atoms with E-state index in [0.29, 0.717) is 23.3 Å². The first kappa shape index (κ1) is 13.7. The zero-order valence-electron chi connectivity index (χ0n) is 10.8. The minimum atomic E-state index is -0.770. The summed E-state index contributed by atoms with van der Waals surface area (Å²) in [6.45, 7) is 3.49. The van der Waals surface area contributed by atoms with Gasteiger partial charge in [-0.1, -0.05) is 13.0 Å². The molecule has 3 nitrogen and oxygen atoms in total. The summed E-state index contributed by atoms with van der Waals surface area (Å²) in [5.41, 5.74) is 3.40. The van der Waals surface area contributed by atoms with Crippen molar-refractivity contribution in [1.82, 2.24) is 5.43 Å². The van der Waals surface area contributed by atoms with Crippen molar-refractivity contribution >= 4 is 0 Å². The molecule has 0 aliphatic carbocycles. The highest BCUT2D eigenvalue weighted by molar-refractivity contribution is 5.37. The molecule has 0 saturated carbocycles. The summed E-state index contributed by atoms with van der Waals surface area (Å²) >= 11 is 0. The second-order valence-electron chi connectivity index (χ2n) is 4.34. The van der Waals surface area contributed by atoms with Gasteiger partial charge < -0.3 is 4.42 Å². The van der Waals surface area contributed by atoms with Crippen molar-refractivity contribution in [3.05, 3.63) is 58.5 Å². The maximum Gasteiger partial charge on any atom is 0.134 e. The van der Waals surface area contributed by atoms with E-state index < -0.39 is 17.7 Å². The summed E-state index contributed by atoms with van der Waals surface area (Å²) in [4.78, 5) is 0. The van der Waals surface area contributed by atoms with E-state index in [1.807, 2.05) is 6.92 Å². The number of nitrogens with one attached hydrogen (secondary N) is 1. The third kappa shape index (κ3) is 2.39. The summed E-state index contributed by atoms with van der Waals surface area (Å²) in [6.07, 6.45) is 2.11. The molecule has 3 N–H and O–H groups in total. The number of hydrazine groups is 1. The van der Waals surface area contributed by atoms with Crippen LogP contribution in [0, 0.1) is 18.6 Å². The second-order valence-corrected chi connectivity index (χ2v) is 4.34. The third-order valence-corrected chi connectivity index (χ3v) is 3.19. The number of rotatable bonds is 4. The fourth-order valence-electron chi connectivity index (χ4n) is 2.17. The molecular weight excluding hydrogens is 250 g/mol. The van der Waals surface area contributed by atoms with Crippen molar-refractivity contribution in [1.29, 1.82) is 0 Å². The molecule has 1 aromatic heterocycles. The molecule has 102 valence electrons. The Kier molecular flexibility index (Phi) is 3.97. The molecule has 2 aromatic rings. The molecule has 19 heavy (non-hydrogen) atoms. The molecule has 1 unspecified atom stereocenters. The lowest BCUT2D eigenvalue weighted by atomic mass is 9.96. The van der Waals surface area contributed by atoms with Crippen LogP contribution in [-0.2, 0) is 6.42 Å². The molecule has 0 radical (unpaired) electrons. The van der Waals surface area contributed by atoms with Crippen LogP contribution in [-0.4, -0.2) is 0 Å². The third-order valence-electron chi connectivity index (χ3n) is 3.19. The van der Waals surface area contributed by atoms with Gasteiger partial charge in [-0.2, -0.15) is 0 Å². The quantitative estimate of drug-likeness (QED) is 0.660. The number of nitrogens with two attached hydrogens (primary N) is 1. The van der Waals surface area contributed by atoms with Gasteiger partial charge in [-0.3, -0.25) is 5.84 Å². The molecule has 0 aliphatic rings. The lowest BCUT2D eigenvalue weighted by Crippen LogP contribution is -2.30. The molecular formula is C14H16F2N2O. The lowest BCUT2D eigenvalue weighted by molar-refractivity contribution is 0.483. The molecule has 0 saturated heterocycles. The van der Waals surface area contributed by atoms with Gasteiger partial charge in [-0.15, -0.1) is 0 Å². The topological polar surface area (TPSA) is 51.2 Å². The SMILES string of the molecule is CCc1occc1C(NN)c1c(F)ccc(C)c1F. The molecule has 0 spiro atoms. The number of benzene rings is 1. The molecule has 1 heterocycles. The van der Waals surface area contributed by atoms with E-state index in [1.54, 1.807) is 13.0 Å². The molecule has 5 heteroatoms. The Morgan fingerprint density at radius 3 is 2.68 bits per heavy atom. The zero-order chi connectivity index (χ0) is 14.0. The molecule has 2 rings (SSSR count). The second kappa shape index (κ2) is 5.50. The fraction of sp³-hybridized carbons (Fsp3) is 0.286. The van der Waals surface area contributed by atoms with Gasteiger partial charge >= 0.3 is 0 Å². The highest BCUT2D eigenvalue weighted by atomic mass is 19.1. The van der Waals surface area contributed by atoms with Crippen LogP contribution in [0.1, 0.15) is 35.4 Å². The van der Waals surface area contributed by atoms with Gasteiger partial charge in [-0.05, 0) is 24.6 Å². The van der Waals surface area contributed by atoms with E-state index in [0.717, 1.165) is 0 Å². The van der Waals surface area contributed by atoms with E-state index in [2.05, 4.69) is 5.43 Å². The van der Waals surface area contributed by atoms with Crippen molar-refractivity contribution in [2.75, 3.05) is 0 Å². The minimum absolute atomic E-state index is 0.0846. The van der Waals surface area contributed by atoms with Crippen LogP contribution in [0.2, 0.25) is 0 Å². The van der Waals surface area contributed by atoms with E-state index >= 15 is 0 Å². The Morgan fingerprint density at radius 1 is 1.32 bits per heavy atom. The van der Waals surface area contributed by atoms with Gasteiger partial charge in [0, 0.05) is 17.5 Å². The number of furan rings is 1. The van der Waals surface area contributed by atoms with E-state index in [4.69, 9.17) is 10.3 Å². The average Bonchev–Trinajstić information content (AvgIpc) is 2.87. The number of hydrogen-bond donors (Lipinski definition) is 2. The van der Waals surface area contributed by atoms with Crippen molar-refractivity contribution in [2.24, 2.45) is 5.84 Å². The molecule has 0 fully saturated rings. The van der Waals surface area contributed by atoms with Crippen LogP contribution in [0.4, 0.5) is 8.78 Å². The highest BCUT2D eigenvalue weighted by Crippen LogP contribution is 2.30. The normalized spacial score (nSPS) is 12.7. The molecule has 0 bridgehead atoms. The first-order valence-electron chi connectivity index (χ1n) is 6.07. The van der Waals surface area contributed by atoms with E-state index in [9.17, 15) is 8.78 Å². The maximum atomic E-state index is 14.2. The average molecular weight is 266 g/mol. The fourth-order valence-corrected chi connectivity index (χ4v) is 2.17. The largest absolute Gasteiger partial charge is 0.469 e. The smallest absolute Gasteiger partial charge is 0.134 e. The number of halogens is 2. The first-order valence-corrected chi connectivity index (χ1v) is 6.07. The van der Waals surface area contributed by atoms with Gasteiger partial charge in [0.2, 0.25) is 0 Å². The Hall–Kier alpha value is -1.72. The number of hydrogen-bond acceptors (Lipinski definition) is 3. The highest BCUT2D eigenvalue weighted by Gasteiger charge is 2.25.